The first kappa shape index (κ1) is 17.8. The first-order valence-electron chi connectivity index (χ1n) is 8.88. The van der Waals surface area contributed by atoms with Crippen LogP contribution in [-0.2, 0) is 4.74 Å². The van der Waals surface area contributed by atoms with E-state index in [0.29, 0.717) is 16.3 Å². The first-order chi connectivity index (χ1) is 12.7. The molecule has 2 aromatic heterocycles. The summed E-state index contributed by atoms with van der Waals surface area (Å²) in [6.07, 6.45) is 10.1. The number of halogens is 1. The molecule has 2 aliphatic rings. The Bertz CT molecular complexity index is 757. The largest absolute Gasteiger partial charge is 0.382 e. The molecule has 6 nitrogen and oxygen atoms in total. The second-order valence-electron chi connectivity index (χ2n) is 6.97. The third-order valence-electron chi connectivity index (χ3n) is 5.26. The van der Waals surface area contributed by atoms with E-state index in [0.717, 1.165) is 54.9 Å². The molecule has 2 aliphatic heterocycles. The van der Waals surface area contributed by atoms with Gasteiger partial charge in [-0.1, -0.05) is 23.4 Å². The van der Waals surface area contributed by atoms with Crippen molar-refractivity contribution in [2.45, 2.75) is 35.6 Å². The Balaban J connectivity index is 1.40. The number of nitrogen functional groups attached to an aromatic ring is 1. The third kappa shape index (κ3) is 3.75. The van der Waals surface area contributed by atoms with E-state index in [2.05, 4.69) is 19.9 Å². The van der Waals surface area contributed by atoms with Crippen molar-refractivity contribution in [2.24, 2.45) is 5.41 Å². The van der Waals surface area contributed by atoms with E-state index >= 15 is 0 Å². The van der Waals surface area contributed by atoms with Gasteiger partial charge in [0, 0.05) is 30.8 Å². The molecule has 0 amide bonds. The molecule has 0 unspecified atom stereocenters. The summed E-state index contributed by atoms with van der Waals surface area (Å²) in [5.41, 5.74) is 6.13. The molecule has 4 rings (SSSR count). The predicted molar refractivity (Wildman–Crippen MR) is 104 cm³/mol. The number of ether oxygens (including phenoxy) is 1. The van der Waals surface area contributed by atoms with Gasteiger partial charge in [0.2, 0.25) is 0 Å². The quantitative estimate of drug-likeness (QED) is 0.855. The summed E-state index contributed by atoms with van der Waals surface area (Å²) in [6.45, 7) is 3.86. The minimum Gasteiger partial charge on any atom is -0.382 e. The number of anilines is 2. The normalized spacial score (nSPS) is 19.7. The molecule has 2 aromatic rings. The van der Waals surface area contributed by atoms with Crippen LogP contribution in [0.3, 0.4) is 0 Å². The number of pyridine rings is 1. The summed E-state index contributed by atoms with van der Waals surface area (Å²) in [5.74, 6) is 1.26. The highest BCUT2D eigenvalue weighted by Gasteiger charge is 2.36. The van der Waals surface area contributed by atoms with E-state index in [9.17, 15) is 0 Å². The van der Waals surface area contributed by atoms with Crippen LogP contribution in [0.25, 0.3) is 0 Å². The maximum atomic E-state index is 6.19. The van der Waals surface area contributed by atoms with E-state index in [-0.39, 0.29) is 0 Å². The molecule has 0 aliphatic carbocycles. The van der Waals surface area contributed by atoms with Crippen LogP contribution >= 0.6 is 23.4 Å². The van der Waals surface area contributed by atoms with Gasteiger partial charge in [0.25, 0.3) is 0 Å². The molecule has 0 atom stereocenters. The van der Waals surface area contributed by atoms with Gasteiger partial charge < -0.3 is 15.4 Å². The summed E-state index contributed by atoms with van der Waals surface area (Å²) in [4.78, 5) is 16.3. The Labute approximate surface area is 162 Å². The van der Waals surface area contributed by atoms with Gasteiger partial charge in [-0.25, -0.2) is 15.0 Å². The van der Waals surface area contributed by atoms with Gasteiger partial charge >= 0.3 is 0 Å². The monoisotopic (exact) mass is 391 g/mol. The van der Waals surface area contributed by atoms with Gasteiger partial charge in [0.15, 0.2) is 0 Å². The van der Waals surface area contributed by atoms with Crippen molar-refractivity contribution in [3.05, 3.63) is 29.7 Å². The van der Waals surface area contributed by atoms with E-state index in [1.807, 2.05) is 12.3 Å². The maximum absolute atomic E-state index is 6.19. The molecule has 0 aromatic carbocycles. The molecule has 4 heterocycles. The van der Waals surface area contributed by atoms with Crippen molar-refractivity contribution in [1.29, 1.82) is 0 Å². The fourth-order valence-corrected chi connectivity index (χ4v) is 4.66. The lowest BCUT2D eigenvalue weighted by Gasteiger charge is -2.44. The zero-order valence-electron chi connectivity index (χ0n) is 14.5. The van der Waals surface area contributed by atoms with Gasteiger partial charge in [-0.15, -0.1) is 0 Å². The third-order valence-corrected chi connectivity index (χ3v) is 6.75. The number of nitrogens with two attached hydrogens (primary N) is 1. The Kier molecular flexibility index (Phi) is 5.20. The van der Waals surface area contributed by atoms with Gasteiger partial charge in [-0.2, -0.15) is 0 Å². The Morgan fingerprint density at radius 3 is 2.69 bits per heavy atom. The second-order valence-corrected chi connectivity index (χ2v) is 8.41. The standard InChI is InChI=1S/C18H22ClN5OS/c19-16-13(2-6-21-17(16)20)26-15-11-22-14(10-23-15)24-7-4-18(5-8-24)3-1-9-25-12-18/h2,6,10-11H,1,3-5,7-9,12H2,(H2,20,21). The second kappa shape index (κ2) is 7.58. The summed E-state index contributed by atoms with van der Waals surface area (Å²) >= 11 is 7.63. The van der Waals surface area contributed by atoms with Crippen molar-refractivity contribution in [3.8, 4) is 0 Å². The zero-order valence-corrected chi connectivity index (χ0v) is 16.1. The molecule has 0 saturated carbocycles. The zero-order chi connectivity index (χ0) is 18.0. The number of hydrogen-bond acceptors (Lipinski definition) is 7. The summed E-state index contributed by atoms with van der Waals surface area (Å²) < 4.78 is 5.72. The maximum Gasteiger partial charge on any atom is 0.147 e. The lowest BCUT2D eigenvalue weighted by molar-refractivity contribution is -0.0210. The van der Waals surface area contributed by atoms with Crippen LogP contribution in [0.15, 0.2) is 34.6 Å². The summed E-state index contributed by atoms with van der Waals surface area (Å²) in [7, 11) is 0. The van der Waals surface area contributed by atoms with Crippen molar-refractivity contribution in [2.75, 3.05) is 36.9 Å². The summed E-state index contributed by atoms with van der Waals surface area (Å²) in [5, 5.41) is 1.25. The van der Waals surface area contributed by atoms with Gasteiger partial charge in [0.05, 0.1) is 24.0 Å². The van der Waals surface area contributed by atoms with E-state index in [4.69, 9.17) is 22.1 Å². The summed E-state index contributed by atoms with van der Waals surface area (Å²) in [6, 6.07) is 1.83. The molecular formula is C18H22ClN5OS. The van der Waals surface area contributed by atoms with Crippen LogP contribution < -0.4 is 10.6 Å². The van der Waals surface area contributed by atoms with Crippen LogP contribution in [0, 0.1) is 5.41 Å². The van der Waals surface area contributed by atoms with E-state index < -0.39 is 0 Å². The highest BCUT2D eigenvalue weighted by Crippen LogP contribution is 2.40. The van der Waals surface area contributed by atoms with Gasteiger partial charge in [0.1, 0.15) is 16.7 Å². The molecule has 2 N–H and O–H groups in total. The Morgan fingerprint density at radius 2 is 2.00 bits per heavy atom. The number of piperidine rings is 1. The fourth-order valence-electron chi connectivity index (χ4n) is 3.67. The molecule has 2 fully saturated rings. The molecule has 0 bridgehead atoms. The average Bonchev–Trinajstić information content (AvgIpc) is 2.68. The van der Waals surface area contributed by atoms with Crippen molar-refractivity contribution in [3.63, 3.8) is 0 Å². The van der Waals surface area contributed by atoms with E-state index in [1.54, 1.807) is 12.4 Å². The number of aromatic nitrogens is 3. The van der Waals surface area contributed by atoms with Crippen LogP contribution in [0.4, 0.5) is 11.6 Å². The highest BCUT2D eigenvalue weighted by molar-refractivity contribution is 7.99. The lowest BCUT2D eigenvalue weighted by atomic mass is 9.74. The Morgan fingerprint density at radius 1 is 1.15 bits per heavy atom. The first-order valence-corrected chi connectivity index (χ1v) is 10.1. The van der Waals surface area contributed by atoms with Crippen molar-refractivity contribution in [1.82, 2.24) is 15.0 Å². The van der Waals surface area contributed by atoms with Crippen LogP contribution in [0.2, 0.25) is 5.02 Å². The van der Waals surface area contributed by atoms with Crippen LogP contribution in [0.5, 0.6) is 0 Å². The smallest absolute Gasteiger partial charge is 0.147 e. The lowest BCUT2D eigenvalue weighted by Crippen LogP contribution is -2.44. The predicted octanol–water partition coefficient (Wildman–Crippen LogP) is 3.66. The minimum atomic E-state index is 0.329. The Hall–Kier alpha value is -1.57. The van der Waals surface area contributed by atoms with Gasteiger partial charge in [-0.05, 0) is 37.2 Å². The molecule has 0 radical (unpaired) electrons. The molecular weight excluding hydrogens is 370 g/mol. The van der Waals surface area contributed by atoms with E-state index in [1.165, 1.54) is 24.6 Å². The van der Waals surface area contributed by atoms with Gasteiger partial charge in [-0.3, -0.25) is 0 Å². The van der Waals surface area contributed by atoms with Crippen molar-refractivity contribution >= 4 is 35.0 Å². The van der Waals surface area contributed by atoms with Crippen LogP contribution in [-0.4, -0.2) is 41.3 Å². The number of nitrogens with zero attached hydrogens (tertiary/aromatic N) is 4. The molecule has 26 heavy (non-hydrogen) atoms. The van der Waals surface area contributed by atoms with Crippen molar-refractivity contribution < 1.29 is 4.74 Å². The van der Waals surface area contributed by atoms with Crippen LogP contribution in [0.1, 0.15) is 25.7 Å². The number of hydrogen-bond donors (Lipinski definition) is 1. The molecule has 2 saturated heterocycles. The SMILES string of the molecule is Nc1nccc(Sc2cnc(N3CCC4(CCCOC4)CC3)cn2)c1Cl. The molecule has 1 spiro atoms. The topological polar surface area (TPSA) is 77.2 Å². The minimum absolute atomic E-state index is 0.329. The highest BCUT2D eigenvalue weighted by atomic mass is 35.5. The fraction of sp³-hybridized carbons (Fsp3) is 0.500. The molecule has 8 heteroatoms. The molecule has 138 valence electrons. The number of rotatable bonds is 3. The average molecular weight is 392 g/mol.